The van der Waals surface area contributed by atoms with E-state index in [2.05, 4.69) is 21.2 Å². The molecule has 3 aromatic rings. The Balaban J connectivity index is 1.18. The van der Waals surface area contributed by atoms with Crippen LogP contribution in [0.2, 0.25) is 0 Å². The van der Waals surface area contributed by atoms with Crippen molar-refractivity contribution in [2.24, 2.45) is 0 Å². The van der Waals surface area contributed by atoms with Crippen molar-refractivity contribution in [3.05, 3.63) is 82.9 Å². The summed E-state index contributed by atoms with van der Waals surface area (Å²) >= 11 is 1.69. The molecule has 5 rings (SSSR count). The Labute approximate surface area is 196 Å². The van der Waals surface area contributed by atoms with Crippen molar-refractivity contribution in [2.45, 2.75) is 12.8 Å². The topological polar surface area (TPSA) is 72.9 Å². The molecule has 0 spiro atoms. The largest absolute Gasteiger partial charge is 0.478 e. The zero-order valence-corrected chi connectivity index (χ0v) is 19.0. The van der Waals surface area contributed by atoms with E-state index in [1.54, 1.807) is 17.4 Å². The van der Waals surface area contributed by atoms with Gasteiger partial charge in [-0.1, -0.05) is 6.08 Å². The second kappa shape index (κ2) is 9.11. The number of rotatable bonds is 5. The van der Waals surface area contributed by atoms with E-state index in [1.807, 2.05) is 53.9 Å². The van der Waals surface area contributed by atoms with Crippen LogP contribution < -0.4 is 10.2 Å². The minimum absolute atomic E-state index is 0.112. The van der Waals surface area contributed by atoms with Crippen LogP contribution in [0.3, 0.4) is 0 Å². The summed E-state index contributed by atoms with van der Waals surface area (Å²) in [5.74, 6) is -0.935. The number of amides is 1. The Kier molecular flexibility index (Phi) is 5.88. The van der Waals surface area contributed by atoms with Gasteiger partial charge in [-0.3, -0.25) is 4.79 Å². The number of anilines is 2. The molecule has 33 heavy (non-hydrogen) atoms. The van der Waals surface area contributed by atoms with Gasteiger partial charge < -0.3 is 20.2 Å². The number of fused-ring (bicyclic) bond motifs is 1. The first kappa shape index (κ1) is 21.3. The molecule has 1 aliphatic heterocycles. The Morgan fingerprint density at radius 1 is 0.879 bits per heavy atom. The van der Waals surface area contributed by atoms with Gasteiger partial charge in [-0.15, -0.1) is 11.3 Å². The molecule has 1 saturated heterocycles. The summed E-state index contributed by atoms with van der Waals surface area (Å²) in [5.41, 5.74) is 4.24. The van der Waals surface area contributed by atoms with Crippen molar-refractivity contribution >= 4 is 44.7 Å². The average molecular weight is 460 g/mol. The number of nitrogens with one attached hydrogen (secondary N) is 1. The summed E-state index contributed by atoms with van der Waals surface area (Å²) in [6, 6.07) is 15.8. The number of allylic oxidation sites excluding steroid dienone is 3. The number of hydrogen-bond acceptors (Lipinski definition) is 5. The Bertz CT molecular complexity index is 1250. The van der Waals surface area contributed by atoms with Crippen LogP contribution in [0.25, 0.3) is 10.1 Å². The van der Waals surface area contributed by atoms with Crippen LogP contribution in [0.4, 0.5) is 11.4 Å². The Morgan fingerprint density at radius 3 is 2.33 bits per heavy atom. The second-order valence-electron chi connectivity index (χ2n) is 8.30. The molecular formula is C26H25N3O3S. The van der Waals surface area contributed by atoms with E-state index in [4.69, 9.17) is 5.11 Å². The summed E-state index contributed by atoms with van der Waals surface area (Å²) in [4.78, 5) is 28.4. The minimum Gasteiger partial charge on any atom is -0.478 e. The highest BCUT2D eigenvalue weighted by atomic mass is 32.1. The van der Waals surface area contributed by atoms with E-state index >= 15 is 0 Å². The third-order valence-electron chi connectivity index (χ3n) is 6.29. The van der Waals surface area contributed by atoms with Crippen LogP contribution in [-0.4, -0.2) is 48.1 Å². The average Bonchev–Trinajstić information content (AvgIpc) is 3.32. The first-order chi connectivity index (χ1) is 16.1. The lowest BCUT2D eigenvalue weighted by Crippen LogP contribution is -2.46. The van der Waals surface area contributed by atoms with Gasteiger partial charge in [-0.05, 0) is 78.2 Å². The first-order valence-electron chi connectivity index (χ1n) is 11.1. The molecule has 2 aromatic carbocycles. The van der Waals surface area contributed by atoms with Gasteiger partial charge in [0.15, 0.2) is 0 Å². The van der Waals surface area contributed by atoms with E-state index in [9.17, 15) is 9.59 Å². The number of aliphatic carboxylic acids is 1. The smallest absolute Gasteiger partial charge is 0.331 e. The van der Waals surface area contributed by atoms with Gasteiger partial charge in [0.2, 0.25) is 0 Å². The molecule has 2 aliphatic rings. The molecule has 7 heteroatoms. The molecule has 1 amide bonds. The van der Waals surface area contributed by atoms with Crippen molar-refractivity contribution in [3.8, 4) is 0 Å². The lowest BCUT2D eigenvalue weighted by atomic mass is 10.0. The van der Waals surface area contributed by atoms with E-state index in [1.165, 1.54) is 10.4 Å². The maximum atomic E-state index is 12.7. The maximum absolute atomic E-state index is 12.7. The summed E-state index contributed by atoms with van der Waals surface area (Å²) in [7, 11) is 0. The predicted molar refractivity (Wildman–Crippen MR) is 133 cm³/mol. The molecular weight excluding hydrogens is 434 g/mol. The molecule has 6 nitrogen and oxygen atoms in total. The summed E-state index contributed by atoms with van der Waals surface area (Å²) in [6.45, 7) is 3.57. The molecule has 0 unspecified atom stereocenters. The van der Waals surface area contributed by atoms with Crippen molar-refractivity contribution in [1.82, 2.24) is 4.90 Å². The quantitative estimate of drug-likeness (QED) is 0.564. The normalized spacial score (nSPS) is 16.4. The summed E-state index contributed by atoms with van der Waals surface area (Å²) < 4.78 is 1.21. The van der Waals surface area contributed by atoms with Gasteiger partial charge in [0.05, 0.1) is 0 Å². The van der Waals surface area contributed by atoms with E-state index in [-0.39, 0.29) is 5.91 Å². The van der Waals surface area contributed by atoms with Gasteiger partial charge in [-0.25, -0.2) is 4.79 Å². The van der Waals surface area contributed by atoms with Gasteiger partial charge in [0.1, 0.15) is 0 Å². The summed E-state index contributed by atoms with van der Waals surface area (Å²) in [5, 5.41) is 15.3. The van der Waals surface area contributed by atoms with E-state index in [0.717, 1.165) is 49.4 Å². The van der Waals surface area contributed by atoms with Crippen molar-refractivity contribution in [1.29, 1.82) is 0 Å². The highest BCUT2D eigenvalue weighted by Gasteiger charge is 2.21. The third-order valence-corrected chi connectivity index (χ3v) is 7.19. The molecule has 168 valence electrons. The number of hydrogen-bond donors (Lipinski definition) is 2. The van der Waals surface area contributed by atoms with Crippen molar-refractivity contribution in [2.75, 3.05) is 36.4 Å². The van der Waals surface area contributed by atoms with Crippen LogP contribution in [0.5, 0.6) is 0 Å². The Morgan fingerprint density at radius 2 is 1.64 bits per heavy atom. The van der Waals surface area contributed by atoms with E-state index in [0.29, 0.717) is 17.6 Å². The fraction of sp³-hybridized carbons (Fsp3) is 0.231. The van der Waals surface area contributed by atoms with Crippen molar-refractivity contribution in [3.63, 3.8) is 0 Å². The SMILES string of the molecule is O=C(O)C1=CC=C(N2CCN(c3ccc(C(=O)Nc4ccc5sccc5c4)cc3)CC2)CC1. The molecule has 0 bridgehead atoms. The molecule has 0 saturated carbocycles. The number of carboxylic acids is 1. The fourth-order valence-corrected chi connectivity index (χ4v) is 5.16. The zero-order chi connectivity index (χ0) is 22.8. The zero-order valence-electron chi connectivity index (χ0n) is 18.2. The van der Waals surface area contributed by atoms with Crippen molar-refractivity contribution < 1.29 is 14.7 Å². The molecule has 0 radical (unpaired) electrons. The monoisotopic (exact) mass is 459 g/mol. The third kappa shape index (κ3) is 4.64. The number of nitrogens with zero attached hydrogens (tertiary/aromatic N) is 2. The number of benzene rings is 2. The molecule has 1 aliphatic carbocycles. The predicted octanol–water partition coefficient (Wildman–Crippen LogP) is 4.96. The molecule has 1 aromatic heterocycles. The number of carbonyl (C=O) groups is 2. The van der Waals surface area contributed by atoms with Crippen LogP contribution in [0.1, 0.15) is 23.2 Å². The number of carboxylic acid groups (broad SMARTS) is 1. The number of carbonyl (C=O) groups excluding carboxylic acids is 1. The Hall–Kier alpha value is -3.58. The van der Waals surface area contributed by atoms with Crippen LogP contribution in [-0.2, 0) is 4.79 Å². The number of piperazine rings is 1. The number of thiophene rings is 1. The van der Waals surface area contributed by atoms with Gasteiger partial charge in [0.25, 0.3) is 5.91 Å². The van der Waals surface area contributed by atoms with Gasteiger partial charge >= 0.3 is 5.97 Å². The molecule has 0 atom stereocenters. The van der Waals surface area contributed by atoms with Crippen LogP contribution >= 0.6 is 11.3 Å². The first-order valence-corrected chi connectivity index (χ1v) is 12.0. The second-order valence-corrected chi connectivity index (χ2v) is 9.25. The molecule has 2 N–H and O–H groups in total. The minimum atomic E-state index is -0.823. The van der Waals surface area contributed by atoms with Crippen LogP contribution in [0, 0.1) is 0 Å². The molecule has 2 heterocycles. The summed E-state index contributed by atoms with van der Waals surface area (Å²) in [6.07, 6.45) is 5.05. The lowest BCUT2D eigenvalue weighted by molar-refractivity contribution is -0.132. The maximum Gasteiger partial charge on any atom is 0.331 e. The highest BCUT2D eigenvalue weighted by molar-refractivity contribution is 7.17. The lowest BCUT2D eigenvalue weighted by Gasteiger charge is -2.39. The highest BCUT2D eigenvalue weighted by Crippen LogP contribution is 2.26. The van der Waals surface area contributed by atoms with Gasteiger partial charge in [0, 0.05) is 59.1 Å². The molecule has 1 fully saturated rings. The standard InChI is InChI=1S/C26H25N3O3S/c30-25(27-21-5-10-24-20(17-21)11-16-33-24)18-1-6-22(7-2-18)28-12-14-29(15-13-28)23-8-3-19(4-9-23)26(31)32/h1-3,5-8,10-11,16-17H,4,9,12-15H2,(H,27,30)(H,31,32). The van der Waals surface area contributed by atoms with E-state index < -0.39 is 5.97 Å². The van der Waals surface area contributed by atoms with Gasteiger partial charge in [-0.2, -0.15) is 0 Å². The van der Waals surface area contributed by atoms with Crippen LogP contribution in [0.15, 0.2) is 77.3 Å². The fourth-order valence-electron chi connectivity index (χ4n) is 4.39.